The molecule has 0 bridgehead atoms. The number of anilines is 1. The van der Waals surface area contributed by atoms with Crippen LogP contribution in [0.5, 0.6) is 0 Å². The van der Waals surface area contributed by atoms with E-state index >= 15 is 0 Å². The van der Waals surface area contributed by atoms with Crippen molar-refractivity contribution in [3.63, 3.8) is 0 Å². The van der Waals surface area contributed by atoms with Gasteiger partial charge in [-0.05, 0) is 49.7 Å². The fourth-order valence-electron chi connectivity index (χ4n) is 2.50. The molecule has 2 heterocycles. The monoisotopic (exact) mass is 382 g/mol. The van der Waals surface area contributed by atoms with Crippen LogP contribution in [0, 0.1) is 13.8 Å². The van der Waals surface area contributed by atoms with Crippen LogP contribution in [0.15, 0.2) is 53.1 Å². The summed E-state index contributed by atoms with van der Waals surface area (Å²) in [5, 5.41) is 5.16. The Bertz CT molecular complexity index is 989. The van der Waals surface area contributed by atoms with Gasteiger partial charge in [-0.25, -0.2) is 0 Å². The average molecular weight is 382 g/mol. The van der Waals surface area contributed by atoms with Crippen LogP contribution in [0.25, 0.3) is 0 Å². The van der Waals surface area contributed by atoms with Gasteiger partial charge in [0.2, 0.25) is 5.78 Å². The summed E-state index contributed by atoms with van der Waals surface area (Å²) in [6.07, 6.45) is 1.44. The lowest BCUT2D eigenvalue weighted by atomic mass is 10.1. The smallest absolute Gasteiger partial charge is 0.313 e. The lowest BCUT2D eigenvalue weighted by Crippen LogP contribution is -2.34. The molecule has 0 unspecified atom stereocenters. The van der Waals surface area contributed by atoms with Crippen LogP contribution in [0.2, 0.25) is 0 Å². The minimum Gasteiger partial charge on any atom is -0.461 e. The van der Waals surface area contributed by atoms with Gasteiger partial charge in [-0.15, -0.1) is 11.3 Å². The second-order valence-electron chi connectivity index (χ2n) is 6.03. The van der Waals surface area contributed by atoms with Crippen molar-refractivity contribution >= 4 is 34.6 Å². The molecule has 0 radical (unpaired) electrons. The number of amides is 2. The summed E-state index contributed by atoms with van der Waals surface area (Å²) in [4.78, 5) is 37.5. The first kappa shape index (κ1) is 18.6. The molecule has 3 rings (SSSR count). The van der Waals surface area contributed by atoms with Gasteiger partial charge in [0, 0.05) is 10.6 Å². The fourth-order valence-corrected chi connectivity index (χ4v) is 3.40. The van der Waals surface area contributed by atoms with Crippen molar-refractivity contribution in [2.24, 2.45) is 0 Å². The van der Waals surface area contributed by atoms with Crippen molar-refractivity contribution in [3.8, 4) is 0 Å². The minimum atomic E-state index is -0.734. The third-order valence-electron chi connectivity index (χ3n) is 3.89. The number of furan rings is 1. The van der Waals surface area contributed by atoms with E-state index in [1.165, 1.54) is 17.6 Å². The summed E-state index contributed by atoms with van der Waals surface area (Å²) in [6.45, 7) is 3.98. The Morgan fingerprint density at radius 2 is 1.85 bits per heavy atom. The number of hydrogen-bond acceptors (Lipinski definition) is 5. The maximum atomic E-state index is 12.2. The first-order valence-electron chi connectivity index (χ1n) is 8.27. The number of nitrogens with one attached hydrogen (secondary N) is 2. The Balaban J connectivity index is 1.56. The molecule has 2 N–H and O–H groups in total. The van der Waals surface area contributed by atoms with Gasteiger partial charge in [0.25, 0.3) is 0 Å². The molecule has 0 aliphatic carbocycles. The molecule has 0 spiro atoms. The quantitative estimate of drug-likeness (QED) is 0.523. The summed E-state index contributed by atoms with van der Waals surface area (Å²) in [7, 11) is 0. The van der Waals surface area contributed by atoms with E-state index in [1.54, 1.807) is 30.3 Å². The lowest BCUT2D eigenvalue weighted by Gasteiger charge is -2.09. The molecule has 7 heteroatoms. The summed E-state index contributed by atoms with van der Waals surface area (Å²) in [6, 6.07) is 12.2. The van der Waals surface area contributed by atoms with Crippen molar-refractivity contribution in [1.82, 2.24) is 5.32 Å². The van der Waals surface area contributed by atoms with E-state index in [2.05, 4.69) is 10.6 Å². The van der Waals surface area contributed by atoms with E-state index in [-0.39, 0.29) is 18.1 Å². The van der Waals surface area contributed by atoms with Gasteiger partial charge in [-0.2, -0.15) is 0 Å². The van der Waals surface area contributed by atoms with E-state index in [0.717, 1.165) is 16.0 Å². The Hall–Kier alpha value is -3.19. The van der Waals surface area contributed by atoms with E-state index in [9.17, 15) is 14.4 Å². The number of aryl methyl sites for hydroxylation is 2. The van der Waals surface area contributed by atoms with E-state index in [1.807, 2.05) is 26.0 Å². The SMILES string of the molecule is Cc1ccc(NC(=O)C(=O)NCc2ccc(C(=O)c3ccco3)s2)c(C)c1. The molecule has 0 aliphatic rings. The maximum absolute atomic E-state index is 12.2. The highest BCUT2D eigenvalue weighted by molar-refractivity contribution is 7.14. The largest absolute Gasteiger partial charge is 0.461 e. The molecule has 6 nitrogen and oxygen atoms in total. The molecule has 0 saturated heterocycles. The van der Waals surface area contributed by atoms with Crippen LogP contribution < -0.4 is 10.6 Å². The van der Waals surface area contributed by atoms with Gasteiger partial charge >= 0.3 is 11.8 Å². The van der Waals surface area contributed by atoms with Crippen molar-refractivity contribution in [2.75, 3.05) is 5.32 Å². The number of rotatable bonds is 5. The minimum absolute atomic E-state index is 0.162. The number of ketones is 1. The summed E-state index contributed by atoms with van der Waals surface area (Å²) in [5.41, 5.74) is 2.56. The predicted octanol–water partition coefficient (Wildman–Crippen LogP) is 3.44. The third kappa shape index (κ3) is 4.51. The fraction of sp³-hybridized carbons (Fsp3) is 0.150. The topological polar surface area (TPSA) is 88.4 Å². The normalized spacial score (nSPS) is 10.4. The molecule has 27 heavy (non-hydrogen) atoms. The van der Waals surface area contributed by atoms with Crippen molar-refractivity contribution < 1.29 is 18.8 Å². The molecular formula is C20H18N2O4S. The van der Waals surface area contributed by atoms with E-state index in [4.69, 9.17) is 4.42 Å². The average Bonchev–Trinajstić information content (AvgIpc) is 3.33. The second kappa shape index (κ2) is 8.01. The molecule has 2 amide bonds. The highest BCUT2D eigenvalue weighted by atomic mass is 32.1. The number of carbonyl (C=O) groups excluding carboxylic acids is 3. The molecule has 0 aliphatic heterocycles. The summed E-state index contributed by atoms with van der Waals surface area (Å²) >= 11 is 1.24. The lowest BCUT2D eigenvalue weighted by molar-refractivity contribution is -0.136. The van der Waals surface area contributed by atoms with Crippen molar-refractivity contribution in [1.29, 1.82) is 0 Å². The number of benzene rings is 1. The Kier molecular flexibility index (Phi) is 5.52. The van der Waals surface area contributed by atoms with Gasteiger partial charge in [0.1, 0.15) is 0 Å². The molecule has 0 saturated carbocycles. The molecule has 1 aromatic carbocycles. The Labute approximate surface area is 160 Å². The highest BCUT2D eigenvalue weighted by Gasteiger charge is 2.17. The second-order valence-corrected chi connectivity index (χ2v) is 7.20. The maximum Gasteiger partial charge on any atom is 0.313 e. The first-order chi connectivity index (χ1) is 12.9. The molecule has 0 atom stereocenters. The number of hydrogen-bond donors (Lipinski definition) is 2. The van der Waals surface area contributed by atoms with E-state index < -0.39 is 11.8 Å². The standard InChI is InChI=1S/C20H18N2O4S/c1-12-5-7-15(13(2)10-12)22-20(25)19(24)21-11-14-6-8-17(27-14)18(23)16-4-3-9-26-16/h3-10H,11H2,1-2H3,(H,21,24)(H,22,25). The van der Waals surface area contributed by atoms with Gasteiger partial charge < -0.3 is 15.1 Å². The number of thiophene rings is 1. The van der Waals surface area contributed by atoms with Gasteiger partial charge in [-0.3, -0.25) is 14.4 Å². The van der Waals surface area contributed by atoms with Crippen LogP contribution in [-0.2, 0) is 16.1 Å². The molecule has 138 valence electrons. The van der Waals surface area contributed by atoms with Crippen LogP contribution in [0.3, 0.4) is 0 Å². The van der Waals surface area contributed by atoms with E-state index in [0.29, 0.717) is 10.6 Å². The van der Waals surface area contributed by atoms with Crippen molar-refractivity contribution in [2.45, 2.75) is 20.4 Å². The van der Waals surface area contributed by atoms with Crippen LogP contribution >= 0.6 is 11.3 Å². The Morgan fingerprint density at radius 3 is 2.56 bits per heavy atom. The highest BCUT2D eigenvalue weighted by Crippen LogP contribution is 2.20. The van der Waals surface area contributed by atoms with Crippen LogP contribution in [-0.4, -0.2) is 17.6 Å². The van der Waals surface area contributed by atoms with Gasteiger partial charge in [0.05, 0.1) is 17.7 Å². The Morgan fingerprint density at radius 1 is 1.04 bits per heavy atom. The zero-order valence-electron chi connectivity index (χ0n) is 14.9. The predicted molar refractivity (Wildman–Crippen MR) is 103 cm³/mol. The van der Waals surface area contributed by atoms with Crippen LogP contribution in [0.4, 0.5) is 5.69 Å². The third-order valence-corrected chi connectivity index (χ3v) is 4.97. The van der Waals surface area contributed by atoms with Gasteiger partial charge in [-0.1, -0.05) is 17.7 Å². The molecular weight excluding hydrogens is 364 g/mol. The van der Waals surface area contributed by atoms with Crippen molar-refractivity contribution in [3.05, 3.63) is 75.4 Å². The molecule has 3 aromatic rings. The zero-order valence-corrected chi connectivity index (χ0v) is 15.7. The molecule has 0 fully saturated rings. The van der Waals surface area contributed by atoms with Gasteiger partial charge in [0.15, 0.2) is 5.76 Å². The first-order valence-corrected chi connectivity index (χ1v) is 9.09. The molecule has 2 aromatic heterocycles. The summed E-state index contributed by atoms with van der Waals surface area (Å²) < 4.78 is 5.10. The number of carbonyl (C=O) groups is 3. The summed E-state index contributed by atoms with van der Waals surface area (Å²) in [5.74, 6) is -1.41. The van der Waals surface area contributed by atoms with Crippen LogP contribution in [0.1, 0.15) is 31.4 Å². The zero-order chi connectivity index (χ0) is 19.4.